The van der Waals surface area contributed by atoms with E-state index in [9.17, 15) is 4.79 Å². The third kappa shape index (κ3) is 1.41. The number of carbonyl (C=O) groups is 1. The van der Waals surface area contributed by atoms with Crippen molar-refractivity contribution in [1.82, 2.24) is 0 Å². The van der Waals surface area contributed by atoms with Crippen LogP contribution in [0.1, 0.15) is 29.5 Å². The van der Waals surface area contributed by atoms with Crippen LogP contribution in [0.3, 0.4) is 0 Å². The van der Waals surface area contributed by atoms with Crippen molar-refractivity contribution in [1.29, 1.82) is 0 Å². The van der Waals surface area contributed by atoms with Crippen LogP contribution in [-0.4, -0.2) is 5.78 Å². The second-order valence-corrected chi connectivity index (χ2v) is 5.05. The predicted molar refractivity (Wildman–Crippen MR) is 59.8 cm³/mol. The second-order valence-electron chi connectivity index (χ2n) is 5.05. The van der Waals surface area contributed by atoms with Crippen molar-refractivity contribution >= 4 is 5.78 Å². The molecular formula is C14H16O. The first-order valence-corrected chi connectivity index (χ1v) is 5.86. The molecule has 0 aromatic heterocycles. The predicted octanol–water partition coefficient (Wildman–Crippen LogP) is 2.69. The molecule has 2 atom stereocenters. The second kappa shape index (κ2) is 3.19. The molecule has 15 heavy (non-hydrogen) atoms. The molecule has 1 nitrogen and oxygen atoms in total. The number of carbonyl (C=O) groups excluding carboxylic acids is 1. The zero-order chi connectivity index (χ0) is 10.4. The minimum atomic E-state index is 0.332. The summed E-state index contributed by atoms with van der Waals surface area (Å²) < 4.78 is 0. The maximum atomic E-state index is 12.0. The largest absolute Gasteiger partial charge is 0.299 e. The normalized spacial score (nSPS) is 28.7. The number of aryl methyl sites for hydroxylation is 1. The number of Topliss-reactive ketones (excluding diaryl/α,β-unsaturated/α-hetero) is 1. The first-order chi connectivity index (χ1) is 7.24. The van der Waals surface area contributed by atoms with Crippen LogP contribution < -0.4 is 0 Å². The molecule has 1 heteroatoms. The summed E-state index contributed by atoms with van der Waals surface area (Å²) in [5, 5.41) is 0. The molecule has 0 unspecified atom stereocenters. The summed E-state index contributed by atoms with van der Waals surface area (Å²) in [5.74, 6) is 1.20. The Morgan fingerprint density at radius 3 is 2.47 bits per heavy atom. The number of ketones is 1. The van der Waals surface area contributed by atoms with Crippen molar-refractivity contribution in [3.8, 4) is 0 Å². The van der Waals surface area contributed by atoms with Gasteiger partial charge in [-0.3, -0.25) is 4.79 Å². The Bertz CT molecular complexity index is 419. The van der Waals surface area contributed by atoms with Gasteiger partial charge in [-0.15, -0.1) is 0 Å². The molecule has 2 bridgehead atoms. The van der Waals surface area contributed by atoms with Crippen LogP contribution in [0.15, 0.2) is 18.2 Å². The smallest absolute Gasteiger partial charge is 0.139 e. The Morgan fingerprint density at radius 2 is 1.73 bits per heavy atom. The van der Waals surface area contributed by atoms with E-state index in [4.69, 9.17) is 0 Å². The quantitative estimate of drug-likeness (QED) is 0.629. The van der Waals surface area contributed by atoms with Crippen LogP contribution in [-0.2, 0) is 17.6 Å². The number of benzene rings is 1. The lowest BCUT2D eigenvalue weighted by Crippen LogP contribution is -2.13. The van der Waals surface area contributed by atoms with E-state index in [1.165, 1.54) is 16.7 Å². The minimum absolute atomic E-state index is 0.332. The van der Waals surface area contributed by atoms with E-state index in [2.05, 4.69) is 25.1 Å². The van der Waals surface area contributed by atoms with Gasteiger partial charge in [0.2, 0.25) is 0 Å². The Kier molecular flexibility index (Phi) is 1.95. The Labute approximate surface area is 90.5 Å². The van der Waals surface area contributed by atoms with Gasteiger partial charge < -0.3 is 0 Å². The maximum Gasteiger partial charge on any atom is 0.139 e. The molecule has 0 aliphatic heterocycles. The van der Waals surface area contributed by atoms with Crippen LogP contribution >= 0.6 is 0 Å². The molecule has 0 N–H and O–H groups in total. The molecule has 1 fully saturated rings. The molecule has 1 aromatic rings. The van der Waals surface area contributed by atoms with Crippen LogP contribution in [0.2, 0.25) is 0 Å². The molecule has 3 rings (SSSR count). The van der Waals surface area contributed by atoms with Crippen molar-refractivity contribution in [3.05, 3.63) is 34.9 Å². The van der Waals surface area contributed by atoms with E-state index in [0.29, 0.717) is 17.6 Å². The van der Waals surface area contributed by atoms with Gasteiger partial charge in [-0.05, 0) is 43.7 Å². The van der Waals surface area contributed by atoms with Crippen molar-refractivity contribution in [2.24, 2.45) is 11.8 Å². The minimum Gasteiger partial charge on any atom is -0.299 e. The first-order valence-electron chi connectivity index (χ1n) is 5.86. The highest BCUT2D eigenvalue weighted by Crippen LogP contribution is 2.37. The first kappa shape index (κ1) is 9.14. The van der Waals surface area contributed by atoms with E-state index in [1.54, 1.807) is 0 Å². The highest BCUT2D eigenvalue weighted by molar-refractivity contribution is 5.86. The fourth-order valence-electron chi connectivity index (χ4n) is 3.10. The lowest BCUT2D eigenvalue weighted by Gasteiger charge is -2.12. The van der Waals surface area contributed by atoms with Crippen molar-refractivity contribution in [2.45, 2.75) is 32.6 Å². The highest BCUT2D eigenvalue weighted by atomic mass is 16.1. The summed E-state index contributed by atoms with van der Waals surface area (Å²) in [6.45, 7) is 2.13. The van der Waals surface area contributed by atoms with Crippen LogP contribution in [0.5, 0.6) is 0 Å². The van der Waals surface area contributed by atoms with Crippen molar-refractivity contribution in [3.63, 3.8) is 0 Å². The van der Waals surface area contributed by atoms with Crippen LogP contribution in [0.25, 0.3) is 0 Å². The fraction of sp³-hybridized carbons (Fsp3) is 0.500. The maximum absolute atomic E-state index is 12.0. The molecule has 2 aliphatic carbocycles. The Morgan fingerprint density at radius 1 is 1.07 bits per heavy atom. The average Bonchev–Trinajstić information content (AvgIpc) is 2.44. The van der Waals surface area contributed by atoms with Crippen molar-refractivity contribution in [2.75, 3.05) is 0 Å². The standard InChI is InChI=1S/C14H16O/c1-9-2-3-10-7-11-4-5-12(14(11)15)8-13(10)6-9/h2-3,6,11-12H,4-5,7-8H2,1H3/t11-,12+/m1/s1. The van der Waals surface area contributed by atoms with Crippen LogP contribution in [0, 0.1) is 18.8 Å². The number of fused-ring (bicyclic) bond motifs is 3. The lowest BCUT2D eigenvalue weighted by atomic mass is 9.92. The Hall–Kier alpha value is -1.11. The Balaban J connectivity index is 2.06. The fourth-order valence-corrected chi connectivity index (χ4v) is 3.10. The topological polar surface area (TPSA) is 17.1 Å². The lowest BCUT2D eigenvalue weighted by molar-refractivity contribution is -0.123. The monoisotopic (exact) mass is 200 g/mol. The van der Waals surface area contributed by atoms with Gasteiger partial charge in [-0.25, -0.2) is 0 Å². The molecular weight excluding hydrogens is 184 g/mol. The van der Waals surface area contributed by atoms with E-state index in [1.807, 2.05) is 0 Å². The zero-order valence-corrected chi connectivity index (χ0v) is 9.12. The van der Waals surface area contributed by atoms with E-state index in [-0.39, 0.29) is 0 Å². The van der Waals surface area contributed by atoms with Crippen molar-refractivity contribution < 1.29 is 4.79 Å². The summed E-state index contributed by atoms with van der Waals surface area (Å²) in [4.78, 5) is 12.0. The molecule has 1 saturated carbocycles. The average molecular weight is 200 g/mol. The van der Waals surface area contributed by atoms with E-state index >= 15 is 0 Å². The van der Waals surface area contributed by atoms with Gasteiger partial charge in [0, 0.05) is 11.8 Å². The van der Waals surface area contributed by atoms with Gasteiger partial charge in [0.1, 0.15) is 5.78 Å². The zero-order valence-electron chi connectivity index (χ0n) is 9.12. The molecule has 0 amide bonds. The molecule has 2 aliphatic rings. The van der Waals surface area contributed by atoms with Crippen LogP contribution in [0.4, 0.5) is 0 Å². The third-order valence-electron chi connectivity index (χ3n) is 3.96. The highest BCUT2D eigenvalue weighted by Gasteiger charge is 2.37. The SMILES string of the molecule is Cc1ccc2c(c1)C[C@@H]1CC[C@H](C2)C1=O. The summed E-state index contributed by atoms with van der Waals surface area (Å²) in [6.07, 6.45) is 4.23. The molecule has 0 spiro atoms. The van der Waals surface area contributed by atoms with Gasteiger partial charge in [0.05, 0.1) is 0 Å². The molecule has 0 heterocycles. The van der Waals surface area contributed by atoms with Gasteiger partial charge in [0.15, 0.2) is 0 Å². The van der Waals surface area contributed by atoms with Gasteiger partial charge in [-0.2, -0.15) is 0 Å². The molecule has 0 radical (unpaired) electrons. The third-order valence-corrected chi connectivity index (χ3v) is 3.96. The summed E-state index contributed by atoms with van der Waals surface area (Å²) in [5.41, 5.74) is 4.16. The summed E-state index contributed by atoms with van der Waals surface area (Å²) >= 11 is 0. The summed E-state index contributed by atoms with van der Waals surface area (Å²) in [6, 6.07) is 6.66. The van der Waals surface area contributed by atoms with Gasteiger partial charge in [-0.1, -0.05) is 23.8 Å². The van der Waals surface area contributed by atoms with E-state index < -0.39 is 0 Å². The molecule has 1 aromatic carbocycles. The molecule has 78 valence electrons. The number of hydrogen-bond donors (Lipinski definition) is 0. The van der Waals surface area contributed by atoms with E-state index in [0.717, 1.165) is 25.7 Å². The number of rotatable bonds is 0. The number of hydrogen-bond acceptors (Lipinski definition) is 1. The van der Waals surface area contributed by atoms with Gasteiger partial charge in [0.25, 0.3) is 0 Å². The van der Waals surface area contributed by atoms with Gasteiger partial charge >= 0.3 is 0 Å². The molecule has 0 saturated heterocycles. The summed E-state index contributed by atoms with van der Waals surface area (Å²) in [7, 11) is 0.